The van der Waals surface area contributed by atoms with Gasteiger partial charge >= 0.3 is 0 Å². The van der Waals surface area contributed by atoms with Crippen LogP contribution in [0.4, 0.5) is 0 Å². The number of carbonyl (C=O) groups is 1. The molecular weight excluding hydrogens is 470 g/mol. The summed E-state index contributed by atoms with van der Waals surface area (Å²) in [5.74, 6) is 0.765. The Balaban J connectivity index is 1.44. The first-order valence-corrected chi connectivity index (χ1v) is 13.0. The summed E-state index contributed by atoms with van der Waals surface area (Å²) >= 11 is 6.99. The van der Waals surface area contributed by atoms with E-state index in [2.05, 4.69) is 10.2 Å². The standard InChI is InChI=1S/C21H26ClN5O3S2/c1-14(2)23-21(28)15-4-5-17-16(12-15)24-19(25(17)3)13-26-8-10-27(11-9-26)32(29,30)20-7-6-18(22)31-20/h4-7,12,14H,8-11,13H2,1-3H3,(H,23,28). The van der Waals surface area contributed by atoms with Gasteiger partial charge in [-0.05, 0) is 44.2 Å². The second-order valence-corrected chi connectivity index (χ2v) is 12.0. The van der Waals surface area contributed by atoms with E-state index in [-0.39, 0.29) is 16.2 Å². The smallest absolute Gasteiger partial charge is 0.252 e. The number of imidazole rings is 1. The summed E-state index contributed by atoms with van der Waals surface area (Å²) in [6.45, 7) is 6.53. The monoisotopic (exact) mass is 495 g/mol. The molecule has 1 aliphatic rings. The Morgan fingerprint density at radius 1 is 1.19 bits per heavy atom. The molecule has 1 aliphatic heterocycles. The van der Waals surface area contributed by atoms with Crippen LogP contribution in [-0.4, -0.2) is 65.3 Å². The highest BCUT2D eigenvalue weighted by molar-refractivity contribution is 7.91. The van der Waals surface area contributed by atoms with Crippen molar-refractivity contribution >= 4 is 49.9 Å². The molecule has 1 saturated heterocycles. The number of carbonyl (C=O) groups excluding carboxylic acids is 1. The maximum atomic E-state index is 12.8. The van der Waals surface area contributed by atoms with Gasteiger partial charge in [0.15, 0.2) is 0 Å². The summed E-state index contributed by atoms with van der Waals surface area (Å²) < 4.78 is 29.9. The summed E-state index contributed by atoms with van der Waals surface area (Å²) in [7, 11) is -1.55. The quantitative estimate of drug-likeness (QED) is 0.568. The Labute approximate surface area is 196 Å². The number of aromatic nitrogens is 2. The first-order valence-electron chi connectivity index (χ1n) is 10.4. The lowest BCUT2D eigenvalue weighted by Crippen LogP contribution is -2.48. The molecule has 0 spiro atoms. The zero-order valence-electron chi connectivity index (χ0n) is 18.2. The van der Waals surface area contributed by atoms with E-state index < -0.39 is 10.0 Å². The molecule has 1 amide bonds. The van der Waals surface area contributed by atoms with Gasteiger partial charge in [-0.2, -0.15) is 4.31 Å². The van der Waals surface area contributed by atoms with Crippen molar-refractivity contribution in [2.45, 2.75) is 30.6 Å². The van der Waals surface area contributed by atoms with Crippen molar-refractivity contribution in [2.24, 2.45) is 7.05 Å². The van der Waals surface area contributed by atoms with Gasteiger partial charge in [0.2, 0.25) is 0 Å². The number of thiophene rings is 1. The second-order valence-electron chi connectivity index (χ2n) is 8.16. The zero-order chi connectivity index (χ0) is 23.0. The molecule has 1 fully saturated rings. The van der Waals surface area contributed by atoms with Gasteiger partial charge in [0.25, 0.3) is 15.9 Å². The molecule has 11 heteroatoms. The first-order chi connectivity index (χ1) is 15.1. The SMILES string of the molecule is CC(C)NC(=O)c1ccc2c(c1)nc(CN1CCN(S(=O)(=O)c3ccc(Cl)s3)CC1)n2C. The van der Waals surface area contributed by atoms with E-state index >= 15 is 0 Å². The molecule has 0 aliphatic carbocycles. The van der Waals surface area contributed by atoms with Crippen LogP contribution < -0.4 is 5.32 Å². The number of benzene rings is 1. The summed E-state index contributed by atoms with van der Waals surface area (Å²) in [6, 6.07) is 8.77. The Kier molecular flexibility index (Phi) is 6.60. The fourth-order valence-electron chi connectivity index (χ4n) is 3.77. The molecule has 1 aromatic carbocycles. The Bertz CT molecular complexity index is 1240. The number of hydrogen-bond donors (Lipinski definition) is 1. The molecule has 1 N–H and O–H groups in total. The molecular formula is C21H26ClN5O3S2. The third kappa shape index (κ3) is 4.69. The minimum atomic E-state index is -3.51. The van der Waals surface area contributed by atoms with Crippen LogP contribution in [0.5, 0.6) is 0 Å². The van der Waals surface area contributed by atoms with Crippen molar-refractivity contribution in [1.29, 1.82) is 0 Å². The summed E-state index contributed by atoms with van der Waals surface area (Å²) in [6.07, 6.45) is 0. The Morgan fingerprint density at radius 3 is 2.53 bits per heavy atom. The number of hydrogen-bond acceptors (Lipinski definition) is 6. The third-order valence-corrected chi connectivity index (χ3v) is 9.09. The van der Waals surface area contributed by atoms with E-state index in [1.165, 1.54) is 4.31 Å². The van der Waals surface area contributed by atoms with Crippen molar-refractivity contribution in [2.75, 3.05) is 26.2 Å². The van der Waals surface area contributed by atoms with E-state index in [1.807, 2.05) is 43.7 Å². The highest BCUT2D eigenvalue weighted by atomic mass is 35.5. The van der Waals surface area contributed by atoms with E-state index in [9.17, 15) is 13.2 Å². The predicted molar refractivity (Wildman–Crippen MR) is 127 cm³/mol. The largest absolute Gasteiger partial charge is 0.350 e. The van der Waals surface area contributed by atoms with Crippen molar-refractivity contribution in [1.82, 2.24) is 24.1 Å². The average Bonchev–Trinajstić information content (AvgIpc) is 3.32. The number of halogens is 1. The van der Waals surface area contributed by atoms with Crippen LogP contribution in [0.3, 0.4) is 0 Å². The van der Waals surface area contributed by atoms with E-state index in [4.69, 9.17) is 16.6 Å². The Hall–Kier alpha value is -1.98. The lowest BCUT2D eigenvalue weighted by molar-refractivity contribution is 0.0943. The molecule has 0 unspecified atom stereocenters. The molecule has 0 atom stereocenters. The lowest BCUT2D eigenvalue weighted by atomic mass is 10.2. The molecule has 3 aromatic rings. The van der Waals surface area contributed by atoms with Gasteiger partial charge in [0.05, 0.1) is 21.9 Å². The predicted octanol–water partition coefficient (Wildman–Crippen LogP) is 2.93. The summed E-state index contributed by atoms with van der Waals surface area (Å²) in [5.41, 5.74) is 2.31. The highest BCUT2D eigenvalue weighted by Gasteiger charge is 2.30. The van der Waals surface area contributed by atoms with Crippen LogP contribution in [0.15, 0.2) is 34.5 Å². The minimum Gasteiger partial charge on any atom is -0.350 e. The molecule has 0 radical (unpaired) electrons. The molecule has 8 nitrogen and oxygen atoms in total. The van der Waals surface area contributed by atoms with Crippen LogP contribution in [0.1, 0.15) is 30.0 Å². The number of amides is 1. The van der Waals surface area contributed by atoms with Crippen LogP contribution in [0, 0.1) is 0 Å². The van der Waals surface area contributed by atoms with Crippen molar-refractivity contribution in [3.63, 3.8) is 0 Å². The number of sulfonamides is 1. The maximum Gasteiger partial charge on any atom is 0.252 e. The zero-order valence-corrected chi connectivity index (χ0v) is 20.6. The molecule has 172 valence electrons. The van der Waals surface area contributed by atoms with Gasteiger partial charge in [0, 0.05) is 44.8 Å². The molecule has 2 aromatic heterocycles. The van der Waals surface area contributed by atoms with Gasteiger partial charge in [-0.1, -0.05) is 11.6 Å². The van der Waals surface area contributed by atoms with Crippen LogP contribution in [0.2, 0.25) is 4.34 Å². The number of nitrogens with zero attached hydrogens (tertiary/aromatic N) is 4. The second kappa shape index (κ2) is 9.11. The maximum absolute atomic E-state index is 12.8. The highest BCUT2D eigenvalue weighted by Crippen LogP contribution is 2.29. The van der Waals surface area contributed by atoms with E-state index in [0.29, 0.717) is 42.6 Å². The van der Waals surface area contributed by atoms with Gasteiger partial charge in [-0.15, -0.1) is 11.3 Å². The van der Waals surface area contributed by atoms with Gasteiger partial charge < -0.3 is 9.88 Å². The Morgan fingerprint density at radius 2 is 1.91 bits per heavy atom. The van der Waals surface area contributed by atoms with Gasteiger partial charge in [0.1, 0.15) is 10.0 Å². The van der Waals surface area contributed by atoms with Crippen molar-refractivity contribution in [3.8, 4) is 0 Å². The normalized spacial score (nSPS) is 16.2. The fraction of sp³-hybridized carbons (Fsp3) is 0.429. The lowest BCUT2D eigenvalue weighted by Gasteiger charge is -2.33. The van der Waals surface area contributed by atoms with E-state index in [1.54, 1.807) is 12.1 Å². The number of fused-ring (bicyclic) bond motifs is 1. The molecule has 0 saturated carbocycles. The average molecular weight is 496 g/mol. The van der Waals surface area contributed by atoms with E-state index in [0.717, 1.165) is 28.2 Å². The van der Waals surface area contributed by atoms with Crippen LogP contribution in [0.25, 0.3) is 11.0 Å². The third-order valence-electron chi connectivity index (χ3n) is 5.49. The summed E-state index contributed by atoms with van der Waals surface area (Å²) in [4.78, 5) is 19.2. The minimum absolute atomic E-state index is 0.0665. The van der Waals surface area contributed by atoms with Crippen molar-refractivity contribution in [3.05, 3.63) is 46.1 Å². The first kappa shape index (κ1) is 23.2. The topological polar surface area (TPSA) is 87.5 Å². The molecule has 0 bridgehead atoms. The summed E-state index contributed by atoms with van der Waals surface area (Å²) in [5, 5.41) is 2.90. The number of nitrogens with one attached hydrogen (secondary N) is 1. The van der Waals surface area contributed by atoms with Crippen molar-refractivity contribution < 1.29 is 13.2 Å². The number of aryl methyl sites for hydroxylation is 1. The van der Waals surface area contributed by atoms with Gasteiger partial charge in [-0.3, -0.25) is 9.69 Å². The van der Waals surface area contributed by atoms with Crippen LogP contribution in [-0.2, 0) is 23.6 Å². The number of piperazine rings is 1. The fourth-order valence-corrected chi connectivity index (χ4v) is 6.83. The number of rotatable bonds is 6. The molecule has 32 heavy (non-hydrogen) atoms. The van der Waals surface area contributed by atoms with Crippen LogP contribution >= 0.6 is 22.9 Å². The molecule has 4 rings (SSSR count). The molecule has 3 heterocycles. The van der Waals surface area contributed by atoms with Gasteiger partial charge in [-0.25, -0.2) is 13.4 Å².